The van der Waals surface area contributed by atoms with Crippen molar-refractivity contribution in [1.29, 1.82) is 0 Å². The van der Waals surface area contributed by atoms with Gasteiger partial charge in [-0.3, -0.25) is 4.79 Å². The molecule has 8 heteroatoms. The molecule has 0 unspecified atom stereocenters. The number of amides is 1. The highest BCUT2D eigenvalue weighted by Crippen LogP contribution is 2.21. The van der Waals surface area contributed by atoms with Gasteiger partial charge in [-0.25, -0.2) is 9.97 Å². The van der Waals surface area contributed by atoms with Gasteiger partial charge in [-0.1, -0.05) is 6.07 Å². The Hall–Kier alpha value is -3.13. The first kappa shape index (κ1) is 17.9. The maximum atomic E-state index is 12.9. The number of fused-ring (bicyclic) bond motifs is 1. The Bertz CT molecular complexity index is 972. The Kier molecular flexibility index (Phi) is 4.77. The number of anilines is 2. The monoisotopic (exact) mass is 392 g/mol. The van der Waals surface area contributed by atoms with Gasteiger partial charge in [0.15, 0.2) is 0 Å². The van der Waals surface area contributed by atoms with E-state index in [0.717, 1.165) is 62.1 Å². The predicted molar refractivity (Wildman–Crippen MR) is 111 cm³/mol. The Morgan fingerprint density at radius 1 is 0.897 bits per heavy atom. The predicted octanol–water partition coefficient (Wildman–Crippen LogP) is 1.53. The Morgan fingerprint density at radius 2 is 1.62 bits per heavy atom. The molecule has 2 aliphatic rings. The van der Waals surface area contributed by atoms with E-state index < -0.39 is 0 Å². The Morgan fingerprint density at radius 3 is 2.34 bits per heavy atom. The van der Waals surface area contributed by atoms with Crippen molar-refractivity contribution >= 4 is 23.1 Å². The fourth-order valence-electron chi connectivity index (χ4n) is 3.97. The number of carbonyl (C=O) groups excluding carboxylic acids is 1. The highest BCUT2D eigenvalue weighted by Gasteiger charge is 2.24. The smallest absolute Gasteiger partial charge is 0.255 e. The summed E-state index contributed by atoms with van der Waals surface area (Å²) in [6, 6.07) is 9.95. The largest absolute Gasteiger partial charge is 0.378 e. The molecule has 150 valence electrons. The summed E-state index contributed by atoms with van der Waals surface area (Å²) in [4.78, 5) is 28.2. The number of aromatic nitrogens is 3. The third-order valence-electron chi connectivity index (χ3n) is 5.62. The first-order valence-corrected chi connectivity index (χ1v) is 10.0. The van der Waals surface area contributed by atoms with Gasteiger partial charge in [-0.05, 0) is 18.2 Å². The van der Waals surface area contributed by atoms with Crippen molar-refractivity contribution in [3.05, 3.63) is 54.6 Å². The molecule has 29 heavy (non-hydrogen) atoms. The molecule has 1 amide bonds. The van der Waals surface area contributed by atoms with E-state index in [-0.39, 0.29) is 5.91 Å². The van der Waals surface area contributed by atoms with Gasteiger partial charge in [-0.15, -0.1) is 0 Å². The van der Waals surface area contributed by atoms with E-state index in [1.165, 1.54) is 0 Å². The molecule has 5 rings (SSSR count). The van der Waals surface area contributed by atoms with Crippen LogP contribution in [0.2, 0.25) is 0 Å². The number of hydrogen-bond acceptors (Lipinski definition) is 6. The number of nitrogens with zero attached hydrogens (tertiary/aromatic N) is 6. The van der Waals surface area contributed by atoms with Crippen LogP contribution in [0.1, 0.15) is 10.4 Å². The average Bonchev–Trinajstić information content (AvgIpc) is 3.24. The van der Waals surface area contributed by atoms with Crippen LogP contribution >= 0.6 is 0 Å². The van der Waals surface area contributed by atoms with Gasteiger partial charge in [0.2, 0.25) is 0 Å². The summed E-state index contributed by atoms with van der Waals surface area (Å²) in [7, 11) is 0. The lowest BCUT2D eigenvalue weighted by Crippen LogP contribution is -2.49. The van der Waals surface area contributed by atoms with Crippen molar-refractivity contribution in [3.8, 4) is 0 Å². The molecule has 0 aromatic carbocycles. The maximum Gasteiger partial charge on any atom is 0.255 e. The molecule has 8 nitrogen and oxygen atoms in total. The summed E-state index contributed by atoms with van der Waals surface area (Å²) in [6.45, 7) is 6.06. The van der Waals surface area contributed by atoms with Gasteiger partial charge in [-0.2, -0.15) is 0 Å². The van der Waals surface area contributed by atoms with Crippen LogP contribution in [0.15, 0.2) is 49.1 Å². The van der Waals surface area contributed by atoms with Crippen molar-refractivity contribution in [2.75, 3.05) is 62.3 Å². The third-order valence-corrected chi connectivity index (χ3v) is 5.62. The normalized spacial score (nSPS) is 17.7. The zero-order chi connectivity index (χ0) is 19.6. The van der Waals surface area contributed by atoms with E-state index in [2.05, 4.69) is 19.8 Å². The van der Waals surface area contributed by atoms with E-state index in [4.69, 9.17) is 4.74 Å². The minimum absolute atomic E-state index is 0.0880. The molecule has 2 aliphatic heterocycles. The summed E-state index contributed by atoms with van der Waals surface area (Å²) in [5.74, 6) is 1.95. The minimum atomic E-state index is 0.0880. The molecule has 0 N–H and O–H groups in total. The molecular weight excluding hydrogens is 368 g/mol. The molecule has 0 aliphatic carbocycles. The van der Waals surface area contributed by atoms with Crippen molar-refractivity contribution in [2.45, 2.75) is 0 Å². The molecule has 0 atom stereocenters. The van der Waals surface area contributed by atoms with E-state index in [9.17, 15) is 4.79 Å². The molecule has 5 heterocycles. The topological polar surface area (TPSA) is 66.2 Å². The Labute approximate surface area is 169 Å². The average molecular weight is 392 g/mol. The Balaban J connectivity index is 1.25. The number of carbonyl (C=O) groups is 1. The first-order chi connectivity index (χ1) is 14.3. The third kappa shape index (κ3) is 3.63. The molecular formula is C21H24N6O2. The fourth-order valence-corrected chi connectivity index (χ4v) is 3.97. The SMILES string of the molecule is O=C(c1cc2ccccn2c1)N1CCN(c2cc(N3CCOCC3)ncn2)CC1. The summed E-state index contributed by atoms with van der Waals surface area (Å²) in [5.41, 5.74) is 1.77. The van der Waals surface area contributed by atoms with Crippen LogP contribution in [0.25, 0.3) is 5.52 Å². The zero-order valence-corrected chi connectivity index (χ0v) is 16.3. The van der Waals surface area contributed by atoms with Crippen molar-refractivity contribution < 1.29 is 9.53 Å². The zero-order valence-electron chi connectivity index (χ0n) is 16.3. The minimum Gasteiger partial charge on any atom is -0.378 e. The fraction of sp³-hybridized carbons (Fsp3) is 0.381. The van der Waals surface area contributed by atoms with Crippen molar-refractivity contribution in [3.63, 3.8) is 0 Å². The number of hydrogen-bond donors (Lipinski definition) is 0. The molecule has 2 saturated heterocycles. The first-order valence-electron chi connectivity index (χ1n) is 10.0. The summed E-state index contributed by atoms with van der Waals surface area (Å²) in [5, 5.41) is 0. The van der Waals surface area contributed by atoms with Crippen LogP contribution < -0.4 is 9.80 Å². The number of ether oxygens (including phenoxy) is 1. The van der Waals surface area contributed by atoms with Crippen LogP contribution in [0.3, 0.4) is 0 Å². The van der Waals surface area contributed by atoms with Gasteiger partial charge >= 0.3 is 0 Å². The van der Waals surface area contributed by atoms with E-state index >= 15 is 0 Å². The van der Waals surface area contributed by atoms with Crippen LogP contribution in [0, 0.1) is 0 Å². The van der Waals surface area contributed by atoms with Gasteiger partial charge in [0.05, 0.1) is 18.8 Å². The highest BCUT2D eigenvalue weighted by molar-refractivity contribution is 5.95. The van der Waals surface area contributed by atoms with Gasteiger partial charge < -0.3 is 23.8 Å². The summed E-state index contributed by atoms with van der Waals surface area (Å²) >= 11 is 0. The second-order valence-corrected chi connectivity index (χ2v) is 7.37. The lowest BCUT2D eigenvalue weighted by molar-refractivity contribution is 0.0746. The standard InChI is InChI=1S/C21H24N6O2/c28-21(17-13-18-3-1-2-4-27(18)15-17)26-7-5-24(6-8-26)19-14-20(23-16-22-19)25-9-11-29-12-10-25/h1-4,13-16H,5-12H2. The lowest BCUT2D eigenvalue weighted by Gasteiger charge is -2.35. The maximum absolute atomic E-state index is 12.9. The summed E-state index contributed by atoms with van der Waals surface area (Å²) in [6.07, 6.45) is 5.50. The second kappa shape index (κ2) is 7.71. The number of piperazine rings is 1. The molecule has 2 fully saturated rings. The van der Waals surface area contributed by atoms with Gasteiger partial charge in [0, 0.05) is 63.2 Å². The molecule has 3 aromatic heterocycles. The summed E-state index contributed by atoms with van der Waals surface area (Å²) < 4.78 is 7.41. The lowest BCUT2D eigenvalue weighted by atomic mass is 10.2. The van der Waals surface area contributed by atoms with Crippen molar-refractivity contribution in [1.82, 2.24) is 19.3 Å². The van der Waals surface area contributed by atoms with Crippen LogP contribution in [0.5, 0.6) is 0 Å². The molecule has 0 bridgehead atoms. The van der Waals surface area contributed by atoms with E-state index in [1.54, 1.807) is 6.33 Å². The second-order valence-electron chi connectivity index (χ2n) is 7.37. The molecule has 0 radical (unpaired) electrons. The number of rotatable bonds is 3. The van der Waals surface area contributed by atoms with E-state index in [0.29, 0.717) is 13.1 Å². The number of morpholine rings is 1. The van der Waals surface area contributed by atoms with Gasteiger partial charge in [0.25, 0.3) is 5.91 Å². The van der Waals surface area contributed by atoms with E-state index in [1.807, 2.05) is 52.0 Å². The quantitative estimate of drug-likeness (QED) is 0.674. The molecule has 3 aromatic rings. The van der Waals surface area contributed by atoms with Gasteiger partial charge in [0.1, 0.15) is 18.0 Å². The van der Waals surface area contributed by atoms with Crippen LogP contribution in [0.4, 0.5) is 11.6 Å². The molecule has 0 spiro atoms. The molecule has 0 saturated carbocycles. The van der Waals surface area contributed by atoms with Crippen molar-refractivity contribution in [2.24, 2.45) is 0 Å². The number of pyridine rings is 1. The van der Waals surface area contributed by atoms with Crippen LogP contribution in [-0.2, 0) is 4.74 Å². The van der Waals surface area contributed by atoms with Crippen LogP contribution in [-0.4, -0.2) is 77.7 Å². The highest BCUT2D eigenvalue weighted by atomic mass is 16.5.